The maximum absolute atomic E-state index is 11.9. The summed E-state index contributed by atoms with van der Waals surface area (Å²) in [7, 11) is -3.05. The van der Waals surface area contributed by atoms with E-state index in [2.05, 4.69) is 5.32 Å². The summed E-state index contributed by atoms with van der Waals surface area (Å²) in [6.45, 7) is 3.69. The van der Waals surface area contributed by atoms with Crippen LogP contribution in [-0.4, -0.2) is 44.0 Å². The second-order valence-corrected chi connectivity index (χ2v) is 8.14. The van der Waals surface area contributed by atoms with Gasteiger partial charge in [-0.15, -0.1) is 0 Å². The summed E-state index contributed by atoms with van der Waals surface area (Å²) in [4.78, 5) is 11.9. The van der Waals surface area contributed by atoms with Crippen molar-refractivity contribution < 1.29 is 13.2 Å². The third-order valence-electron chi connectivity index (χ3n) is 4.24. The van der Waals surface area contributed by atoms with Gasteiger partial charge in [0, 0.05) is 26.1 Å². The van der Waals surface area contributed by atoms with Gasteiger partial charge in [0.2, 0.25) is 15.9 Å². The molecular formula is C17H26N2O3S. The SMILES string of the molecule is Cc1ccccc1CCC(=O)NCCCN1CCCCS1(=O)=O. The summed E-state index contributed by atoms with van der Waals surface area (Å²) in [6.07, 6.45) is 3.55. The summed E-state index contributed by atoms with van der Waals surface area (Å²) in [5.41, 5.74) is 2.40. The molecule has 1 N–H and O–H groups in total. The van der Waals surface area contributed by atoms with Gasteiger partial charge in [0.05, 0.1) is 5.75 Å². The lowest BCUT2D eigenvalue weighted by molar-refractivity contribution is -0.121. The van der Waals surface area contributed by atoms with Crippen LogP contribution in [0.4, 0.5) is 0 Å². The summed E-state index contributed by atoms with van der Waals surface area (Å²) in [5.74, 6) is 0.283. The molecule has 1 aromatic carbocycles. The second kappa shape index (κ2) is 8.45. The highest BCUT2D eigenvalue weighted by Gasteiger charge is 2.24. The molecule has 2 rings (SSSR count). The van der Waals surface area contributed by atoms with Gasteiger partial charge >= 0.3 is 0 Å². The van der Waals surface area contributed by atoms with E-state index in [0.29, 0.717) is 32.5 Å². The van der Waals surface area contributed by atoms with E-state index < -0.39 is 10.0 Å². The number of amides is 1. The van der Waals surface area contributed by atoms with Crippen LogP contribution in [0.2, 0.25) is 0 Å². The number of carbonyl (C=O) groups is 1. The smallest absolute Gasteiger partial charge is 0.220 e. The van der Waals surface area contributed by atoms with Crippen molar-refractivity contribution in [3.05, 3.63) is 35.4 Å². The lowest BCUT2D eigenvalue weighted by atomic mass is 10.0. The van der Waals surface area contributed by atoms with Crippen LogP contribution in [0.1, 0.15) is 36.8 Å². The molecular weight excluding hydrogens is 312 g/mol. The zero-order chi connectivity index (χ0) is 16.7. The molecule has 6 heteroatoms. The van der Waals surface area contributed by atoms with E-state index in [-0.39, 0.29) is 11.7 Å². The van der Waals surface area contributed by atoms with Gasteiger partial charge in [-0.1, -0.05) is 24.3 Å². The lowest BCUT2D eigenvalue weighted by Crippen LogP contribution is -2.39. The van der Waals surface area contributed by atoms with Crippen LogP contribution in [0, 0.1) is 6.92 Å². The number of hydrogen-bond donors (Lipinski definition) is 1. The Labute approximate surface area is 139 Å². The first-order chi connectivity index (χ1) is 11.0. The lowest BCUT2D eigenvalue weighted by Gasteiger charge is -2.26. The van der Waals surface area contributed by atoms with Crippen molar-refractivity contribution in [3.8, 4) is 0 Å². The second-order valence-electron chi connectivity index (χ2n) is 6.05. The molecule has 0 spiro atoms. The number of aryl methyl sites for hydroxylation is 2. The number of nitrogens with zero attached hydrogens (tertiary/aromatic N) is 1. The quantitative estimate of drug-likeness (QED) is 0.772. The van der Waals surface area contributed by atoms with Gasteiger partial charge < -0.3 is 5.32 Å². The molecule has 0 aromatic heterocycles. The molecule has 0 aliphatic carbocycles. The topological polar surface area (TPSA) is 66.5 Å². The first-order valence-electron chi connectivity index (χ1n) is 8.28. The Hall–Kier alpha value is -1.40. The molecule has 1 amide bonds. The van der Waals surface area contributed by atoms with Gasteiger partial charge in [-0.05, 0) is 43.7 Å². The average Bonchev–Trinajstić information content (AvgIpc) is 2.52. The summed E-state index contributed by atoms with van der Waals surface area (Å²) in [5, 5.41) is 2.88. The van der Waals surface area contributed by atoms with Gasteiger partial charge in [-0.25, -0.2) is 12.7 Å². The number of rotatable bonds is 7. The largest absolute Gasteiger partial charge is 0.356 e. The van der Waals surface area contributed by atoms with Crippen LogP contribution in [0.15, 0.2) is 24.3 Å². The van der Waals surface area contributed by atoms with E-state index in [9.17, 15) is 13.2 Å². The predicted octanol–water partition coefficient (Wildman–Crippen LogP) is 1.86. The van der Waals surface area contributed by atoms with Crippen LogP contribution >= 0.6 is 0 Å². The summed E-state index contributed by atoms with van der Waals surface area (Å²) in [6, 6.07) is 8.07. The van der Waals surface area contributed by atoms with Crippen LogP contribution in [0.5, 0.6) is 0 Å². The Bertz CT molecular complexity index is 628. The number of carbonyl (C=O) groups excluding carboxylic acids is 1. The Balaban J connectivity index is 1.64. The Morgan fingerprint density at radius 3 is 2.78 bits per heavy atom. The van der Waals surface area contributed by atoms with E-state index in [1.807, 2.05) is 31.2 Å². The number of hydrogen-bond acceptors (Lipinski definition) is 3. The number of benzene rings is 1. The first kappa shape index (κ1) is 17.9. The third-order valence-corrected chi connectivity index (χ3v) is 6.20. The minimum atomic E-state index is -3.05. The number of sulfonamides is 1. The molecule has 5 nitrogen and oxygen atoms in total. The van der Waals surface area contributed by atoms with Crippen LogP contribution in [0.25, 0.3) is 0 Å². The maximum Gasteiger partial charge on any atom is 0.220 e. The normalized spacial score (nSPS) is 17.8. The highest BCUT2D eigenvalue weighted by molar-refractivity contribution is 7.89. The van der Waals surface area contributed by atoms with Crippen molar-refractivity contribution >= 4 is 15.9 Å². The van der Waals surface area contributed by atoms with E-state index in [4.69, 9.17) is 0 Å². The molecule has 0 saturated carbocycles. The highest BCUT2D eigenvalue weighted by Crippen LogP contribution is 2.13. The Kier molecular flexibility index (Phi) is 6.59. The number of nitrogens with one attached hydrogen (secondary N) is 1. The zero-order valence-electron chi connectivity index (χ0n) is 13.8. The molecule has 1 aromatic rings. The minimum Gasteiger partial charge on any atom is -0.356 e. The molecule has 0 atom stereocenters. The van der Waals surface area contributed by atoms with Crippen molar-refractivity contribution in [2.24, 2.45) is 0 Å². The Morgan fingerprint density at radius 2 is 2.04 bits per heavy atom. The minimum absolute atomic E-state index is 0.0229. The first-order valence-corrected chi connectivity index (χ1v) is 9.89. The van der Waals surface area contributed by atoms with Crippen molar-refractivity contribution in [1.82, 2.24) is 9.62 Å². The fourth-order valence-corrected chi connectivity index (χ4v) is 4.44. The van der Waals surface area contributed by atoms with Crippen molar-refractivity contribution in [1.29, 1.82) is 0 Å². The molecule has 128 valence electrons. The molecule has 23 heavy (non-hydrogen) atoms. The maximum atomic E-state index is 11.9. The molecule has 0 bridgehead atoms. The molecule has 1 aliphatic rings. The summed E-state index contributed by atoms with van der Waals surface area (Å²) < 4.78 is 25.2. The van der Waals surface area contributed by atoms with Crippen LogP contribution < -0.4 is 5.32 Å². The van der Waals surface area contributed by atoms with E-state index in [1.165, 1.54) is 11.1 Å². The van der Waals surface area contributed by atoms with Gasteiger partial charge in [-0.2, -0.15) is 0 Å². The third kappa shape index (κ3) is 5.62. The van der Waals surface area contributed by atoms with E-state index in [0.717, 1.165) is 19.3 Å². The van der Waals surface area contributed by atoms with Crippen LogP contribution in [0.3, 0.4) is 0 Å². The van der Waals surface area contributed by atoms with Crippen molar-refractivity contribution in [3.63, 3.8) is 0 Å². The van der Waals surface area contributed by atoms with Crippen molar-refractivity contribution in [2.45, 2.75) is 39.0 Å². The Morgan fingerprint density at radius 1 is 1.26 bits per heavy atom. The predicted molar refractivity (Wildman–Crippen MR) is 91.7 cm³/mol. The van der Waals surface area contributed by atoms with Crippen molar-refractivity contribution in [2.75, 3.05) is 25.4 Å². The van der Waals surface area contributed by atoms with Crippen LogP contribution in [-0.2, 0) is 21.2 Å². The fraction of sp³-hybridized carbons (Fsp3) is 0.588. The van der Waals surface area contributed by atoms with Gasteiger partial charge in [0.15, 0.2) is 0 Å². The standard InChI is InChI=1S/C17H26N2O3S/c1-15-7-2-3-8-16(15)9-10-17(20)18-11-6-13-19-12-4-5-14-23(19,21)22/h2-3,7-8H,4-6,9-14H2,1H3,(H,18,20). The van der Waals surface area contributed by atoms with E-state index in [1.54, 1.807) is 4.31 Å². The molecule has 0 radical (unpaired) electrons. The van der Waals surface area contributed by atoms with Gasteiger partial charge in [0.25, 0.3) is 0 Å². The monoisotopic (exact) mass is 338 g/mol. The van der Waals surface area contributed by atoms with E-state index >= 15 is 0 Å². The zero-order valence-corrected chi connectivity index (χ0v) is 14.6. The molecule has 1 aliphatic heterocycles. The molecule has 1 fully saturated rings. The van der Waals surface area contributed by atoms with Gasteiger partial charge in [-0.3, -0.25) is 4.79 Å². The average molecular weight is 338 g/mol. The van der Waals surface area contributed by atoms with Gasteiger partial charge in [0.1, 0.15) is 0 Å². The molecule has 0 unspecified atom stereocenters. The fourth-order valence-electron chi connectivity index (χ4n) is 2.80. The summed E-state index contributed by atoms with van der Waals surface area (Å²) >= 11 is 0. The highest BCUT2D eigenvalue weighted by atomic mass is 32.2. The molecule has 1 saturated heterocycles. The molecule has 1 heterocycles.